The molecule has 3 heterocycles. The average molecular weight is 586 g/mol. The van der Waals surface area contributed by atoms with Crippen LogP contribution in [0.1, 0.15) is 44.1 Å². The van der Waals surface area contributed by atoms with E-state index in [9.17, 15) is 31.1 Å². The number of alkyl halides is 6. The zero-order chi connectivity index (χ0) is 28.8. The van der Waals surface area contributed by atoms with Crippen LogP contribution in [0.25, 0.3) is 0 Å². The van der Waals surface area contributed by atoms with Crippen molar-refractivity contribution in [2.45, 2.75) is 63.5 Å². The number of carbonyl (C=O) groups excluding carboxylic acids is 3. The SMILES string of the molecule is O=C(OC(C(F)(F)F)C(F)(F)F)N1CCC2(CCN(Cc3cc(Cl)cc(N4CCCCC4)c3)C2)CC1.O=C=O. The summed E-state index contributed by atoms with van der Waals surface area (Å²) in [7, 11) is 0. The minimum absolute atomic E-state index is 0.0609. The van der Waals surface area contributed by atoms with Crippen molar-refractivity contribution in [3.63, 3.8) is 0 Å². The number of halogens is 7. The molecular formula is C25H30ClF6N3O4. The Balaban J connectivity index is 0.00000134. The summed E-state index contributed by atoms with van der Waals surface area (Å²) in [4.78, 5) is 33.9. The summed E-state index contributed by atoms with van der Waals surface area (Å²) < 4.78 is 80.2. The predicted molar refractivity (Wildman–Crippen MR) is 128 cm³/mol. The minimum Gasteiger partial charge on any atom is -0.426 e. The third kappa shape index (κ3) is 8.49. The molecule has 1 amide bonds. The van der Waals surface area contributed by atoms with Crippen molar-refractivity contribution in [1.29, 1.82) is 0 Å². The van der Waals surface area contributed by atoms with Crippen LogP contribution in [0.3, 0.4) is 0 Å². The molecule has 0 bridgehead atoms. The van der Waals surface area contributed by atoms with Gasteiger partial charge in [-0.1, -0.05) is 11.6 Å². The van der Waals surface area contributed by atoms with E-state index in [1.807, 2.05) is 12.1 Å². The fraction of sp³-hybridized carbons (Fsp3) is 0.680. The van der Waals surface area contributed by atoms with Gasteiger partial charge in [-0.2, -0.15) is 35.9 Å². The number of nitrogens with zero attached hydrogens (tertiary/aromatic N) is 3. The van der Waals surface area contributed by atoms with E-state index < -0.39 is 24.5 Å². The highest BCUT2D eigenvalue weighted by molar-refractivity contribution is 6.30. The lowest BCUT2D eigenvalue weighted by atomic mass is 9.78. The van der Waals surface area contributed by atoms with Crippen molar-refractivity contribution < 1.29 is 45.5 Å². The number of ether oxygens (including phenoxy) is 1. The summed E-state index contributed by atoms with van der Waals surface area (Å²) in [6.07, 6.45) is -11.5. The van der Waals surface area contributed by atoms with Crippen LogP contribution in [0, 0.1) is 5.41 Å². The Kier molecular flexibility index (Phi) is 10.2. The topological polar surface area (TPSA) is 70.2 Å². The van der Waals surface area contributed by atoms with Crippen molar-refractivity contribution in [3.05, 3.63) is 28.8 Å². The zero-order valence-corrected chi connectivity index (χ0v) is 21.9. The predicted octanol–water partition coefficient (Wildman–Crippen LogP) is 5.66. The molecule has 0 radical (unpaired) electrons. The lowest BCUT2D eigenvalue weighted by Crippen LogP contribution is -2.50. The summed E-state index contributed by atoms with van der Waals surface area (Å²) >= 11 is 6.40. The smallest absolute Gasteiger partial charge is 0.426 e. The number of anilines is 1. The molecule has 0 aromatic heterocycles. The zero-order valence-electron chi connectivity index (χ0n) is 21.1. The maximum Gasteiger partial charge on any atom is 0.434 e. The Labute approximate surface area is 227 Å². The molecule has 4 rings (SSSR count). The van der Waals surface area contributed by atoms with Crippen molar-refractivity contribution in [2.75, 3.05) is 44.2 Å². The molecule has 3 aliphatic rings. The molecule has 1 aromatic carbocycles. The molecule has 39 heavy (non-hydrogen) atoms. The summed E-state index contributed by atoms with van der Waals surface area (Å²) in [5.74, 6) is 0. The number of amides is 1. The normalized spacial score (nSPS) is 20.0. The summed E-state index contributed by atoms with van der Waals surface area (Å²) in [6, 6.07) is 6.10. The van der Waals surface area contributed by atoms with Gasteiger partial charge < -0.3 is 14.5 Å². The van der Waals surface area contributed by atoms with Gasteiger partial charge in [0, 0.05) is 50.0 Å². The van der Waals surface area contributed by atoms with Crippen LogP contribution < -0.4 is 4.90 Å². The molecule has 3 aliphatic heterocycles. The molecule has 7 nitrogen and oxygen atoms in total. The first kappa shape index (κ1) is 31.0. The summed E-state index contributed by atoms with van der Waals surface area (Å²) in [6.45, 7) is 4.41. The van der Waals surface area contributed by atoms with Gasteiger partial charge in [-0.25, -0.2) is 4.79 Å². The molecule has 218 valence electrons. The molecular weight excluding hydrogens is 556 g/mol. The van der Waals surface area contributed by atoms with Crippen LogP contribution >= 0.6 is 11.6 Å². The molecule has 0 atom stereocenters. The van der Waals surface area contributed by atoms with Crippen LogP contribution in [0.4, 0.5) is 36.8 Å². The first-order valence-electron chi connectivity index (χ1n) is 12.6. The lowest BCUT2D eigenvalue weighted by Gasteiger charge is -2.39. The maximum absolute atomic E-state index is 12.7. The van der Waals surface area contributed by atoms with E-state index in [4.69, 9.17) is 21.2 Å². The first-order chi connectivity index (χ1) is 18.3. The number of likely N-dealkylation sites (tertiary alicyclic amines) is 2. The van der Waals surface area contributed by atoms with Crippen LogP contribution in [0.15, 0.2) is 18.2 Å². The van der Waals surface area contributed by atoms with Crippen molar-refractivity contribution >= 4 is 29.5 Å². The molecule has 0 saturated carbocycles. The lowest BCUT2D eigenvalue weighted by molar-refractivity contribution is -0.308. The van der Waals surface area contributed by atoms with Gasteiger partial charge in [0.15, 0.2) is 0 Å². The number of rotatable bonds is 4. The minimum atomic E-state index is -5.72. The third-order valence-electron chi connectivity index (χ3n) is 7.48. The van der Waals surface area contributed by atoms with E-state index >= 15 is 0 Å². The van der Waals surface area contributed by atoms with Gasteiger partial charge in [0.1, 0.15) is 0 Å². The highest BCUT2D eigenvalue weighted by Gasteiger charge is 2.60. The number of hydrogen-bond acceptors (Lipinski definition) is 6. The van der Waals surface area contributed by atoms with Crippen LogP contribution in [0.5, 0.6) is 0 Å². The Morgan fingerprint density at radius 1 is 0.923 bits per heavy atom. The van der Waals surface area contributed by atoms with Crippen LogP contribution in [-0.4, -0.2) is 79.8 Å². The number of carbonyl (C=O) groups is 1. The van der Waals surface area contributed by atoms with Crippen molar-refractivity contribution in [3.8, 4) is 0 Å². The van der Waals surface area contributed by atoms with Gasteiger partial charge in [0.25, 0.3) is 6.10 Å². The standard InChI is InChI=1S/C24H30ClF6N3O2.CO2/c25-18-12-17(13-19(14-18)33-7-2-1-3-8-33)15-32-9-4-22(16-32)5-10-34(11-6-22)21(35)36-20(23(26,27)28)24(29,30)31;2-1-3/h12-14,20H,1-11,15-16H2;. The number of piperidine rings is 2. The van der Waals surface area contributed by atoms with Crippen LogP contribution in [-0.2, 0) is 20.9 Å². The number of hydrogen-bond donors (Lipinski definition) is 0. The number of benzene rings is 1. The Hall–Kier alpha value is -2.50. The van der Waals surface area contributed by atoms with Crippen LogP contribution in [0.2, 0.25) is 5.02 Å². The molecule has 1 spiro atoms. The summed E-state index contributed by atoms with van der Waals surface area (Å²) in [5.41, 5.74) is 2.10. The molecule has 0 N–H and O–H groups in total. The molecule has 1 aromatic rings. The van der Waals surface area contributed by atoms with Crippen molar-refractivity contribution in [1.82, 2.24) is 9.80 Å². The second-order valence-corrected chi connectivity index (χ2v) is 10.7. The van der Waals surface area contributed by atoms with Gasteiger partial charge in [0.2, 0.25) is 0 Å². The monoisotopic (exact) mass is 585 g/mol. The summed E-state index contributed by atoms with van der Waals surface area (Å²) in [5, 5.41) is 0.685. The van der Waals surface area contributed by atoms with Gasteiger partial charge >= 0.3 is 24.6 Å². The Bertz CT molecular complexity index is 1000. The fourth-order valence-electron chi connectivity index (χ4n) is 5.55. The highest BCUT2D eigenvalue weighted by Crippen LogP contribution is 2.42. The van der Waals surface area contributed by atoms with E-state index in [0.29, 0.717) is 24.4 Å². The molecule has 3 fully saturated rings. The Morgan fingerprint density at radius 2 is 1.49 bits per heavy atom. The highest BCUT2D eigenvalue weighted by atomic mass is 35.5. The van der Waals surface area contributed by atoms with E-state index in [1.54, 1.807) is 0 Å². The molecule has 0 unspecified atom stereocenters. The van der Waals surface area contributed by atoms with E-state index in [0.717, 1.165) is 61.6 Å². The first-order valence-corrected chi connectivity index (χ1v) is 13.0. The van der Waals surface area contributed by atoms with E-state index in [-0.39, 0.29) is 24.7 Å². The van der Waals surface area contributed by atoms with Crippen molar-refractivity contribution in [2.24, 2.45) is 5.41 Å². The van der Waals surface area contributed by atoms with E-state index in [2.05, 4.69) is 20.6 Å². The van der Waals surface area contributed by atoms with E-state index in [1.165, 1.54) is 6.42 Å². The fourth-order valence-corrected chi connectivity index (χ4v) is 5.80. The third-order valence-corrected chi connectivity index (χ3v) is 7.70. The Morgan fingerprint density at radius 3 is 2.05 bits per heavy atom. The largest absolute Gasteiger partial charge is 0.434 e. The quantitative estimate of drug-likeness (QED) is 0.425. The molecule has 0 aliphatic carbocycles. The molecule has 14 heteroatoms. The van der Waals surface area contributed by atoms with Gasteiger partial charge in [-0.15, -0.1) is 0 Å². The van der Waals surface area contributed by atoms with Gasteiger partial charge in [-0.05, 0) is 74.2 Å². The van der Waals surface area contributed by atoms with Gasteiger partial charge in [0.05, 0.1) is 0 Å². The second kappa shape index (κ2) is 12.8. The maximum atomic E-state index is 12.7. The van der Waals surface area contributed by atoms with Gasteiger partial charge in [-0.3, -0.25) is 4.90 Å². The second-order valence-electron chi connectivity index (χ2n) is 10.2. The average Bonchev–Trinajstić information content (AvgIpc) is 3.23. The molecule has 3 saturated heterocycles.